The highest BCUT2D eigenvalue weighted by Gasteiger charge is 2.13. The molecular weight excluding hydrogens is 430 g/mol. The molecular formula is C18H16BrN5O2S. The van der Waals surface area contributed by atoms with Crippen LogP contribution in [0.15, 0.2) is 63.3 Å². The first kappa shape index (κ1) is 19.1. The molecule has 0 saturated carbocycles. The number of nitrogens with one attached hydrogen (secondary N) is 1. The molecule has 138 valence electrons. The van der Waals surface area contributed by atoms with Crippen molar-refractivity contribution >= 4 is 39.8 Å². The predicted octanol–water partition coefficient (Wildman–Crippen LogP) is 3.19. The molecule has 0 radical (unpaired) electrons. The van der Waals surface area contributed by atoms with E-state index in [0.29, 0.717) is 5.16 Å². The van der Waals surface area contributed by atoms with Crippen LogP contribution in [-0.4, -0.2) is 37.7 Å². The number of phenols is 1. The SMILES string of the molecule is Cn1c(SCC(=O)NN=Cc2ccc(O)cc2)nnc1-c1cccc(Br)c1. The fourth-order valence-corrected chi connectivity index (χ4v) is 3.32. The van der Waals surface area contributed by atoms with E-state index in [1.165, 1.54) is 18.0 Å². The van der Waals surface area contributed by atoms with E-state index in [1.54, 1.807) is 24.3 Å². The molecule has 1 heterocycles. The number of thioether (sulfide) groups is 1. The average Bonchev–Trinajstić information content (AvgIpc) is 3.02. The van der Waals surface area contributed by atoms with Crippen molar-refractivity contribution in [1.82, 2.24) is 20.2 Å². The number of carbonyl (C=O) groups is 1. The van der Waals surface area contributed by atoms with Crippen LogP contribution in [-0.2, 0) is 11.8 Å². The molecule has 0 unspecified atom stereocenters. The molecule has 27 heavy (non-hydrogen) atoms. The fourth-order valence-electron chi connectivity index (χ4n) is 2.22. The first-order valence-electron chi connectivity index (χ1n) is 7.92. The molecule has 0 bridgehead atoms. The molecule has 0 aliphatic rings. The van der Waals surface area contributed by atoms with E-state index in [2.05, 4.69) is 36.7 Å². The molecule has 2 aromatic carbocycles. The van der Waals surface area contributed by atoms with Gasteiger partial charge in [0, 0.05) is 17.1 Å². The Kier molecular flexibility index (Phi) is 6.25. The topological polar surface area (TPSA) is 92.4 Å². The van der Waals surface area contributed by atoms with Gasteiger partial charge in [-0.2, -0.15) is 5.10 Å². The third-order valence-electron chi connectivity index (χ3n) is 3.55. The van der Waals surface area contributed by atoms with Crippen LogP contribution in [0.1, 0.15) is 5.56 Å². The van der Waals surface area contributed by atoms with Gasteiger partial charge in [-0.3, -0.25) is 4.79 Å². The van der Waals surface area contributed by atoms with E-state index >= 15 is 0 Å². The summed E-state index contributed by atoms with van der Waals surface area (Å²) >= 11 is 4.73. The van der Waals surface area contributed by atoms with Crippen LogP contribution >= 0.6 is 27.7 Å². The summed E-state index contributed by atoms with van der Waals surface area (Å²) in [4.78, 5) is 11.9. The van der Waals surface area contributed by atoms with Crippen LogP contribution in [0.5, 0.6) is 5.75 Å². The van der Waals surface area contributed by atoms with Crippen molar-refractivity contribution < 1.29 is 9.90 Å². The van der Waals surface area contributed by atoms with Crippen LogP contribution in [0.3, 0.4) is 0 Å². The minimum atomic E-state index is -0.248. The number of phenolic OH excluding ortho intramolecular Hbond substituents is 1. The monoisotopic (exact) mass is 445 g/mol. The standard InChI is InChI=1S/C18H16BrN5O2S/c1-24-17(13-3-2-4-14(19)9-13)22-23-18(24)27-11-16(26)21-20-10-12-5-7-15(25)8-6-12/h2-10,25H,11H2,1H3,(H,21,26). The lowest BCUT2D eigenvalue weighted by atomic mass is 10.2. The minimum absolute atomic E-state index is 0.164. The van der Waals surface area contributed by atoms with Gasteiger partial charge in [0.25, 0.3) is 5.91 Å². The van der Waals surface area contributed by atoms with E-state index in [4.69, 9.17) is 0 Å². The van der Waals surface area contributed by atoms with Gasteiger partial charge in [-0.25, -0.2) is 5.43 Å². The third kappa shape index (κ3) is 5.18. The molecule has 0 fully saturated rings. The normalized spacial score (nSPS) is 11.0. The van der Waals surface area contributed by atoms with Gasteiger partial charge >= 0.3 is 0 Å². The maximum atomic E-state index is 11.9. The summed E-state index contributed by atoms with van der Waals surface area (Å²) in [5.41, 5.74) is 4.18. The highest BCUT2D eigenvalue weighted by Crippen LogP contribution is 2.24. The predicted molar refractivity (Wildman–Crippen MR) is 109 cm³/mol. The van der Waals surface area contributed by atoms with E-state index in [9.17, 15) is 9.90 Å². The van der Waals surface area contributed by atoms with Crippen molar-refractivity contribution in [2.24, 2.45) is 12.1 Å². The molecule has 2 N–H and O–H groups in total. The quantitative estimate of drug-likeness (QED) is 0.345. The Hall–Kier alpha value is -2.65. The summed E-state index contributed by atoms with van der Waals surface area (Å²) in [7, 11) is 1.86. The Balaban J connectivity index is 1.55. The molecule has 0 spiro atoms. The lowest BCUT2D eigenvalue weighted by Crippen LogP contribution is -2.19. The number of carbonyl (C=O) groups excluding carboxylic acids is 1. The number of halogens is 1. The Morgan fingerprint density at radius 1 is 1.30 bits per heavy atom. The Labute approximate surface area is 168 Å². The number of benzene rings is 2. The molecule has 0 atom stereocenters. The molecule has 0 aliphatic carbocycles. The van der Waals surface area contributed by atoms with Crippen LogP contribution in [0.2, 0.25) is 0 Å². The number of nitrogens with zero attached hydrogens (tertiary/aromatic N) is 4. The molecule has 9 heteroatoms. The van der Waals surface area contributed by atoms with Crippen molar-refractivity contribution in [2.75, 3.05) is 5.75 Å². The van der Waals surface area contributed by atoms with Gasteiger partial charge in [0.15, 0.2) is 11.0 Å². The lowest BCUT2D eigenvalue weighted by Gasteiger charge is -2.04. The number of rotatable bonds is 6. The summed E-state index contributed by atoms with van der Waals surface area (Å²) in [6.07, 6.45) is 1.51. The van der Waals surface area contributed by atoms with Crippen LogP contribution < -0.4 is 5.43 Å². The van der Waals surface area contributed by atoms with Gasteiger partial charge in [0.2, 0.25) is 0 Å². The highest BCUT2D eigenvalue weighted by molar-refractivity contribution is 9.10. The summed E-state index contributed by atoms with van der Waals surface area (Å²) in [6, 6.07) is 14.3. The van der Waals surface area contributed by atoms with Crippen molar-refractivity contribution in [2.45, 2.75) is 5.16 Å². The number of hydrogen-bond acceptors (Lipinski definition) is 6. The molecule has 1 aromatic heterocycles. The Morgan fingerprint density at radius 2 is 2.07 bits per heavy atom. The highest BCUT2D eigenvalue weighted by atomic mass is 79.9. The molecule has 1 amide bonds. The van der Waals surface area contributed by atoms with E-state index in [-0.39, 0.29) is 17.4 Å². The molecule has 3 aromatic rings. The minimum Gasteiger partial charge on any atom is -0.508 e. The second kappa shape index (κ2) is 8.83. The second-order valence-corrected chi connectivity index (χ2v) is 7.41. The molecule has 3 rings (SSSR count). The van der Waals surface area contributed by atoms with Gasteiger partial charge < -0.3 is 9.67 Å². The van der Waals surface area contributed by atoms with Crippen LogP contribution in [0.4, 0.5) is 0 Å². The maximum absolute atomic E-state index is 11.9. The van der Waals surface area contributed by atoms with E-state index in [0.717, 1.165) is 21.4 Å². The largest absolute Gasteiger partial charge is 0.508 e. The van der Waals surface area contributed by atoms with E-state index < -0.39 is 0 Å². The first-order chi connectivity index (χ1) is 13.0. The summed E-state index contributed by atoms with van der Waals surface area (Å²) in [5, 5.41) is 22.1. The maximum Gasteiger partial charge on any atom is 0.250 e. The van der Waals surface area contributed by atoms with Gasteiger partial charge in [-0.15, -0.1) is 10.2 Å². The van der Waals surface area contributed by atoms with Crippen molar-refractivity contribution in [1.29, 1.82) is 0 Å². The zero-order valence-electron chi connectivity index (χ0n) is 14.3. The zero-order valence-corrected chi connectivity index (χ0v) is 16.7. The van der Waals surface area contributed by atoms with Gasteiger partial charge in [-0.1, -0.05) is 39.8 Å². The molecule has 0 saturated heterocycles. The smallest absolute Gasteiger partial charge is 0.250 e. The Morgan fingerprint density at radius 3 is 2.81 bits per heavy atom. The molecule has 0 aliphatic heterocycles. The third-order valence-corrected chi connectivity index (χ3v) is 5.06. The van der Waals surface area contributed by atoms with Crippen molar-refractivity contribution in [3.05, 3.63) is 58.6 Å². The molecule has 7 nitrogen and oxygen atoms in total. The number of hydrogen-bond donors (Lipinski definition) is 2. The zero-order chi connectivity index (χ0) is 19.2. The van der Waals surface area contributed by atoms with Gasteiger partial charge in [0.1, 0.15) is 5.75 Å². The van der Waals surface area contributed by atoms with Gasteiger partial charge in [0.05, 0.1) is 12.0 Å². The summed E-state index contributed by atoms with van der Waals surface area (Å²) < 4.78 is 2.81. The number of aromatic hydroxyl groups is 1. The van der Waals surface area contributed by atoms with E-state index in [1.807, 2.05) is 35.9 Å². The van der Waals surface area contributed by atoms with Crippen LogP contribution in [0, 0.1) is 0 Å². The summed E-state index contributed by atoms with van der Waals surface area (Å²) in [6.45, 7) is 0. The number of amides is 1. The number of hydrazone groups is 1. The van der Waals surface area contributed by atoms with Crippen LogP contribution in [0.25, 0.3) is 11.4 Å². The lowest BCUT2D eigenvalue weighted by molar-refractivity contribution is -0.118. The average molecular weight is 446 g/mol. The Bertz CT molecular complexity index is 972. The van der Waals surface area contributed by atoms with Crippen molar-refractivity contribution in [3.8, 4) is 17.1 Å². The second-order valence-electron chi connectivity index (χ2n) is 5.55. The number of aromatic nitrogens is 3. The van der Waals surface area contributed by atoms with Gasteiger partial charge in [-0.05, 0) is 42.0 Å². The first-order valence-corrected chi connectivity index (χ1v) is 9.70. The summed E-state index contributed by atoms with van der Waals surface area (Å²) in [5.74, 6) is 0.822. The fraction of sp³-hybridized carbons (Fsp3) is 0.111. The van der Waals surface area contributed by atoms with Crippen molar-refractivity contribution in [3.63, 3.8) is 0 Å².